The number of fused-ring (bicyclic) bond motifs is 1. The summed E-state index contributed by atoms with van der Waals surface area (Å²) in [4.78, 5) is 18.0. The van der Waals surface area contributed by atoms with Gasteiger partial charge in [0, 0.05) is 23.2 Å². The normalized spacial score (nSPS) is 10.7. The molecule has 8 nitrogen and oxygen atoms in total. The van der Waals surface area contributed by atoms with Gasteiger partial charge in [-0.1, -0.05) is 18.2 Å². The molecule has 0 fully saturated rings. The van der Waals surface area contributed by atoms with Gasteiger partial charge in [0.05, 0.1) is 39.1 Å². The van der Waals surface area contributed by atoms with Crippen molar-refractivity contribution >= 4 is 22.7 Å². The Labute approximate surface area is 209 Å². The lowest BCUT2D eigenvalue weighted by molar-refractivity contribution is 0.201. The van der Waals surface area contributed by atoms with Gasteiger partial charge < -0.3 is 24.1 Å². The number of para-hydroxylation sites is 1. The van der Waals surface area contributed by atoms with Crippen molar-refractivity contribution in [3.8, 4) is 28.7 Å². The van der Waals surface area contributed by atoms with Crippen LogP contribution in [0.5, 0.6) is 28.7 Å². The van der Waals surface area contributed by atoms with Crippen molar-refractivity contribution in [1.82, 2.24) is 4.98 Å². The van der Waals surface area contributed by atoms with Crippen LogP contribution >= 0.6 is 0 Å². The number of carbonyl (C=O) groups is 1. The Bertz CT molecular complexity index is 1420. The molecule has 0 aliphatic rings. The van der Waals surface area contributed by atoms with E-state index >= 15 is 0 Å². The Morgan fingerprint density at radius 3 is 2.22 bits per heavy atom. The second kappa shape index (κ2) is 10.4. The zero-order chi connectivity index (χ0) is 25.8. The minimum Gasteiger partial charge on any atom is -0.496 e. The summed E-state index contributed by atoms with van der Waals surface area (Å²) in [5.74, 6) is 2.99. The van der Waals surface area contributed by atoms with Gasteiger partial charge in [0.25, 0.3) is 0 Å². The summed E-state index contributed by atoms with van der Waals surface area (Å²) in [6, 6.07) is 16.4. The van der Waals surface area contributed by atoms with Crippen LogP contribution in [0.3, 0.4) is 0 Å². The fourth-order valence-corrected chi connectivity index (χ4v) is 4.09. The van der Waals surface area contributed by atoms with E-state index in [1.807, 2.05) is 56.3 Å². The second-order valence-electron chi connectivity index (χ2n) is 8.22. The van der Waals surface area contributed by atoms with E-state index in [-0.39, 0.29) is 6.54 Å². The van der Waals surface area contributed by atoms with Crippen molar-refractivity contribution < 1.29 is 28.8 Å². The van der Waals surface area contributed by atoms with Crippen LogP contribution in [0.1, 0.15) is 16.7 Å². The predicted octanol–water partition coefficient (Wildman–Crippen LogP) is 6.35. The predicted molar refractivity (Wildman–Crippen MR) is 138 cm³/mol. The van der Waals surface area contributed by atoms with Gasteiger partial charge in [-0.05, 0) is 55.3 Å². The van der Waals surface area contributed by atoms with Gasteiger partial charge in [-0.25, -0.2) is 4.79 Å². The fourth-order valence-electron chi connectivity index (χ4n) is 4.09. The van der Waals surface area contributed by atoms with Crippen LogP contribution < -0.4 is 23.8 Å². The number of carboxylic acid groups (broad SMARTS) is 1. The molecule has 4 rings (SSSR count). The number of ether oxygens (including phenoxy) is 4. The van der Waals surface area contributed by atoms with E-state index in [9.17, 15) is 9.90 Å². The number of anilines is 1. The summed E-state index contributed by atoms with van der Waals surface area (Å²) >= 11 is 0. The summed E-state index contributed by atoms with van der Waals surface area (Å²) < 4.78 is 22.5. The third-order valence-corrected chi connectivity index (χ3v) is 5.96. The fraction of sp³-hybridized carbons (Fsp3) is 0.214. The Balaban J connectivity index is 1.70. The zero-order valence-electron chi connectivity index (χ0n) is 20.9. The van der Waals surface area contributed by atoms with Crippen molar-refractivity contribution in [2.45, 2.75) is 20.4 Å². The summed E-state index contributed by atoms with van der Waals surface area (Å²) in [6.07, 6.45) is 0.609. The maximum Gasteiger partial charge on any atom is 0.412 e. The SMILES string of the molecule is COc1ccccc1CN(C(=O)O)c1cc(C)c(Oc2ccnc3cc(OC)c(OC)cc23)cc1C. The van der Waals surface area contributed by atoms with Crippen LogP contribution in [-0.4, -0.2) is 37.5 Å². The molecule has 1 heterocycles. The third kappa shape index (κ3) is 4.84. The van der Waals surface area contributed by atoms with Crippen LogP contribution in [0, 0.1) is 13.8 Å². The van der Waals surface area contributed by atoms with Gasteiger partial charge in [0.1, 0.15) is 17.2 Å². The number of benzene rings is 3. The lowest BCUT2D eigenvalue weighted by Crippen LogP contribution is -2.29. The smallest absolute Gasteiger partial charge is 0.412 e. The molecule has 0 spiro atoms. The van der Waals surface area contributed by atoms with Crippen LogP contribution in [0.4, 0.5) is 10.5 Å². The monoisotopic (exact) mass is 488 g/mol. The second-order valence-corrected chi connectivity index (χ2v) is 8.22. The maximum absolute atomic E-state index is 12.2. The average Bonchev–Trinajstić information content (AvgIpc) is 2.88. The molecule has 0 bridgehead atoms. The Morgan fingerprint density at radius 2 is 1.53 bits per heavy atom. The van der Waals surface area contributed by atoms with Gasteiger partial charge in [0.2, 0.25) is 0 Å². The molecule has 1 amide bonds. The van der Waals surface area contributed by atoms with Crippen LogP contribution in [-0.2, 0) is 6.54 Å². The molecule has 0 atom stereocenters. The van der Waals surface area contributed by atoms with Gasteiger partial charge in [-0.3, -0.25) is 9.88 Å². The van der Waals surface area contributed by atoms with E-state index in [1.165, 1.54) is 4.90 Å². The van der Waals surface area contributed by atoms with Crippen molar-refractivity contribution in [2.24, 2.45) is 0 Å². The van der Waals surface area contributed by atoms with Gasteiger partial charge >= 0.3 is 6.09 Å². The molecule has 1 aromatic heterocycles. The molecular weight excluding hydrogens is 460 g/mol. The lowest BCUT2D eigenvalue weighted by atomic mass is 10.1. The molecule has 0 saturated heterocycles. The summed E-state index contributed by atoms with van der Waals surface area (Å²) in [5, 5.41) is 10.8. The van der Waals surface area contributed by atoms with Crippen LogP contribution in [0.25, 0.3) is 10.9 Å². The average molecular weight is 489 g/mol. The molecule has 0 aliphatic heterocycles. The zero-order valence-corrected chi connectivity index (χ0v) is 20.9. The summed E-state index contributed by atoms with van der Waals surface area (Å²) in [5.41, 5.74) is 3.58. The molecule has 186 valence electrons. The van der Waals surface area contributed by atoms with E-state index in [0.717, 1.165) is 22.1 Å². The standard InChI is InChI=1S/C28H28N2O6/c1-17-13-25(36-24-10-11-29-21-15-27(35-5)26(34-4)14-20(21)24)18(2)12-22(17)30(28(31)32)16-19-8-6-7-9-23(19)33-3/h6-15H,16H2,1-5H3,(H,31,32). The number of rotatable bonds is 8. The molecule has 1 N–H and O–H groups in total. The van der Waals surface area contributed by atoms with Crippen molar-refractivity contribution in [3.05, 3.63) is 77.5 Å². The molecule has 0 aliphatic carbocycles. The van der Waals surface area contributed by atoms with Crippen molar-refractivity contribution in [2.75, 3.05) is 26.2 Å². The summed E-state index contributed by atoms with van der Waals surface area (Å²) in [7, 11) is 4.72. The van der Waals surface area contributed by atoms with Crippen LogP contribution in [0.2, 0.25) is 0 Å². The highest BCUT2D eigenvalue weighted by Gasteiger charge is 2.21. The number of amides is 1. The molecule has 4 aromatic rings. The van der Waals surface area contributed by atoms with Crippen molar-refractivity contribution in [1.29, 1.82) is 0 Å². The Hall–Kier alpha value is -4.46. The highest BCUT2D eigenvalue weighted by molar-refractivity contribution is 5.89. The topological polar surface area (TPSA) is 90.4 Å². The van der Waals surface area contributed by atoms with E-state index in [1.54, 1.807) is 39.7 Å². The number of hydrogen-bond donors (Lipinski definition) is 1. The molecule has 0 saturated carbocycles. The van der Waals surface area contributed by atoms with Crippen LogP contribution in [0.15, 0.2) is 60.8 Å². The maximum atomic E-state index is 12.2. The number of nitrogens with zero attached hydrogens (tertiary/aromatic N) is 2. The highest BCUT2D eigenvalue weighted by atomic mass is 16.5. The third-order valence-electron chi connectivity index (χ3n) is 5.96. The minimum atomic E-state index is -1.06. The lowest BCUT2D eigenvalue weighted by Gasteiger charge is -2.24. The molecule has 0 unspecified atom stereocenters. The Kier molecular flexibility index (Phi) is 7.15. The molecule has 8 heteroatoms. The first-order valence-electron chi connectivity index (χ1n) is 11.3. The first-order valence-corrected chi connectivity index (χ1v) is 11.3. The first kappa shape index (κ1) is 24.7. The van der Waals surface area contributed by atoms with Gasteiger partial charge in [-0.15, -0.1) is 0 Å². The van der Waals surface area contributed by atoms with E-state index in [4.69, 9.17) is 18.9 Å². The Morgan fingerprint density at radius 1 is 0.833 bits per heavy atom. The number of pyridine rings is 1. The summed E-state index contributed by atoms with van der Waals surface area (Å²) in [6.45, 7) is 3.89. The van der Waals surface area contributed by atoms with Crippen molar-refractivity contribution in [3.63, 3.8) is 0 Å². The van der Waals surface area contributed by atoms with Gasteiger partial charge in [-0.2, -0.15) is 0 Å². The van der Waals surface area contributed by atoms with E-state index < -0.39 is 6.09 Å². The number of methoxy groups -OCH3 is 3. The largest absolute Gasteiger partial charge is 0.496 e. The first-order chi connectivity index (χ1) is 17.4. The highest BCUT2D eigenvalue weighted by Crippen LogP contribution is 2.39. The number of aryl methyl sites for hydroxylation is 2. The minimum absolute atomic E-state index is 0.149. The molecule has 3 aromatic carbocycles. The quantitative estimate of drug-likeness (QED) is 0.309. The number of aromatic nitrogens is 1. The number of hydrogen-bond acceptors (Lipinski definition) is 6. The molecule has 0 radical (unpaired) electrons. The van der Waals surface area contributed by atoms with E-state index in [2.05, 4.69) is 4.98 Å². The van der Waals surface area contributed by atoms with E-state index in [0.29, 0.717) is 40.0 Å². The molecule has 36 heavy (non-hydrogen) atoms. The van der Waals surface area contributed by atoms with Gasteiger partial charge in [0.15, 0.2) is 11.5 Å². The molecular formula is C28H28N2O6.